The van der Waals surface area contributed by atoms with Gasteiger partial charge < -0.3 is 5.32 Å². The molecule has 0 saturated heterocycles. The van der Waals surface area contributed by atoms with Gasteiger partial charge in [-0.2, -0.15) is 13.2 Å². The van der Waals surface area contributed by atoms with Gasteiger partial charge in [-0.1, -0.05) is 0 Å². The summed E-state index contributed by atoms with van der Waals surface area (Å²) in [5.74, 6) is 0.480. The lowest BCUT2D eigenvalue weighted by Crippen LogP contribution is -2.22. The molecule has 1 saturated carbocycles. The van der Waals surface area contributed by atoms with E-state index in [9.17, 15) is 13.2 Å². The summed E-state index contributed by atoms with van der Waals surface area (Å²) in [5, 5.41) is 3.16. The van der Waals surface area contributed by atoms with E-state index < -0.39 is 11.7 Å². The zero-order valence-corrected chi connectivity index (χ0v) is 9.20. The van der Waals surface area contributed by atoms with Crippen LogP contribution in [0.4, 0.5) is 18.9 Å². The molecule has 1 nitrogen and oxygen atoms in total. The quantitative estimate of drug-likeness (QED) is 0.802. The van der Waals surface area contributed by atoms with Crippen molar-refractivity contribution in [3.8, 4) is 0 Å². The third-order valence-corrected chi connectivity index (χ3v) is 3.24. The summed E-state index contributed by atoms with van der Waals surface area (Å²) in [7, 11) is 0. The summed E-state index contributed by atoms with van der Waals surface area (Å²) < 4.78 is 36.9. The molecule has 16 heavy (non-hydrogen) atoms. The van der Waals surface area contributed by atoms with Crippen molar-refractivity contribution in [1.82, 2.24) is 0 Å². The number of alkyl halides is 4. The lowest BCUT2D eigenvalue weighted by molar-refractivity contribution is -0.137. The second kappa shape index (κ2) is 3.84. The largest absolute Gasteiger partial charge is 0.416 e. The minimum absolute atomic E-state index is 0.0959. The average molecular weight is 250 g/mol. The molecule has 0 atom stereocenters. The number of benzene rings is 1. The Morgan fingerprint density at radius 1 is 1.19 bits per heavy atom. The van der Waals surface area contributed by atoms with Gasteiger partial charge >= 0.3 is 6.18 Å². The molecule has 0 aliphatic heterocycles. The van der Waals surface area contributed by atoms with E-state index in [1.807, 2.05) is 0 Å². The fourth-order valence-electron chi connectivity index (χ4n) is 1.49. The zero-order chi connectivity index (χ0) is 11.8. The Labute approximate surface area is 96.6 Å². The van der Waals surface area contributed by atoms with Crippen LogP contribution in [-0.4, -0.2) is 11.4 Å². The third kappa shape index (κ3) is 2.43. The first kappa shape index (κ1) is 11.6. The van der Waals surface area contributed by atoms with E-state index in [1.54, 1.807) is 0 Å². The first-order valence-electron chi connectivity index (χ1n) is 4.97. The zero-order valence-electron chi connectivity index (χ0n) is 8.44. The SMILES string of the molecule is FC(F)(F)c1ccc(NC2(CCl)CC2)cc1. The van der Waals surface area contributed by atoms with Crippen LogP contribution in [0.25, 0.3) is 0 Å². The van der Waals surface area contributed by atoms with Crippen molar-refractivity contribution < 1.29 is 13.2 Å². The molecule has 1 aliphatic carbocycles. The average Bonchev–Trinajstić information content (AvgIpc) is 2.98. The van der Waals surface area contributed by atoms with Crippen LogP contribution in [0.15, 0.2) is 24.3 Å². The predicted octanol–water partition coefficient (Wildman–Crippen LogP) is 3.89. The van der Waals surface area contributed by atoms with Crippen LogP contribution in [-0.2, 0) is 6.18 Å². The molecule has 0 bridgehead atoms. The van der Waals surface area contributed by atoms with Crippen molar-refractivity contribution >= 4 is 17.3 Å². The van der Waals surface area contributed by atoms with Gasteiger partial charge in [0.05, 0.1) is 11.1 Å². The fourth-order valence-corrected chi connectivity index (χ4v) is 1.83. The van der Waals surface area contributed by atoms with Gasteiger partial charge in [0, 0.05) is 11.6 Å². The van der Waals surface area contributed by atoms with Crippen LogP contribution in [0.2, 0.25) is 0 Å². The van der Waals surface area contributed by atoms with Gasteiger partial charge in [-0.25, -0.2) is 0 Å². The molecule has 0 spiro atoms. The second-order valence-electron chi connectivity index (χ2n) is 4.11. The second-order valence-corrected chi connectivity index (χ2v) is 4.38. The van der Waals surface area contributed by atoms with E-state index in [2.05, 4.69) is 5.32 Å². The van der Waals surface area contributed by atoms with Crippen molar-refractivity contribution in [2.75, 3.05) is 11.2 Å². The highest BCUT2D eigenvalue weighted by molar-refractivity contribution is 6.19. The van der Waals surface area contributed by atoms with E-state index in [0.29, 0.717) is 11.6 Å². The minimum atomic E-state index is -4.28. The third-order valence-electron chi connectivity index (χ3n) is 2.73. The maximum Gasteiger partial charge on any atom is 0.416 e. The monoisotopic (exact) mass is 249 g/mol. The lowest BCUT2D eigenvalue weighted by Gasteiger charge is -2.16. The molecule has 1 N–H and O–H groups in total. The van der Waals surface area contributed by atoms with Gasteiger partial charge in [0.25, 0.3) is 0 Å². The Morgan fingerprint density at radius 2 is 1.75 bits per heavy atom. The first-order valence-corrected chi connectivity index (χ1v) is 5.50. The van der Waals surface area contributed by atoms with Gasteiger partial charge in [-0.3, -0.25) is 0 Å². The molecule has 2 rings (SSSR count). The molecule has 0 amide bonds. The Bertz CT molecular complexity index is 368. The van der Waals surface area contributed by atoms with Crippen LogP contribution >= 0.6 is 11.6 Å². The molecule has 1 aromatic carbocycles. The Hall–Kier alpha value is -0.900. The molecular formula is C11H11ClF3N. The molecule has 1 aromatic rings. The molecule has 0 unspecified atom stereocenters. The molecule has 0 heterocycles. The van der Waals surface area contributed by atoms with Crippen molar-refractivity contribution in [2.45, 2.75) is 24.6 Å². The predicted molar refractivity (Wildman–Crippen MR) is 57.8 cm³/mol. The fraction of sp³-hybridized carbons (Fsp3) is 0.455. The summed E-state index contributed by atoms with van der Waals surface area (Å²) in [6, 6.07) is 5.03. The van der Waals surface area contributed by atoms with Crippen LogP contribution in [0.5, 0.6) is 0 Å². The number of hydrogen-bond acceptors (Lipinski definition) is 1. The van der Waals surface area contributed by atoms with Gasteiger partial charge in [-0.15, -0.1) is 11.6 Å². The van der Waals surface area contributed by atoms with E-state index in [4.69, 9.17) is 11.6 Å². The van der Waals surface area contributed by atoms with Crippen molar-refractivity contribution in [3.05, 3.63) is 29.8 Å². The number of halogens is 4. The van der Waals surface area contributed by atoms with Crippen LogP contribution < -0.4 is 5.32 Å². The van der Waals surface area contributed by atoms with Gasteiger partial charge in [0.2, 0.25) is 0 Å². The van der Waals surface area contributed by atoms with Crippen LogP contribution in [0, 0.1) is 0 Å². The smallest absolute Gasteiger partial charge is 0.378 e. The highest BCUT2D eigenvalue weighted by Gasteiger charge is 2.41. The summed E-state index contributed by atoms with van der Waals surface area (Å²) in [5.41, 5.74) is -0.0404. The van der Waals surface area contributed by atoms with Gasteiger partial charge in [0.15, 0.2) is 0 Å². The van der Waals surface area contributed by atoms with E-state index in [1.165, 1.54) is 12.1 Å². The standard InChI is InChI=1S/C11H11ClF3N/c12-7-10(5-6-10)16-9-3-1-8(2-4-9)11(13,14)15/h1-4,16H,5-7H2. The highest BCUT2D eigenvalue weighted by Crippen LogP contribution is 2.40. The van der Waals surface area contributed by atoms with Crippen molar-refractivity contribution in [3.63, 3.8) is 0 Å². The van der Waals surface area contributed by atoms with E-state index in [-0.39, 0.29) is 5.54 Å². The molecule has 0 aromatic heterocycles. The Balaban J connectivity index is 2.08. The maximum atomic E-state index is 12.3. The van der Waals surface area contributed by atoms with Gasteiger partial charge in [-0.05, 0) is 37.1 Å². The van der Waals surface area contributed by atoms with E-state index >= 15 is 0 Å². The van der Waals surface area contributed by atoms with Crippen molar-refractivity contribution in [1.29, 1.82) is 0 Å². The summed E-state index contributed by atoms with van der Waals surface area (Å²) >= 11 is 5.77. The molecule has 5 heteroatoms. The summed E-state index contributed by atoms with van der Waals surface area (Å²) in [4.78, 5) is 0. The minimum Gasteiger partial charge on any atom is -0.378 e. The summed E-state index contributed by atoms with van der Waals surface area (Å²) in [6.07, 6.45) is -2.34. The molecular weight excluding hydrogens is 239 g/mol. The summed E-state index contributed by atoms with van der Waals surface area (Å²) in [6.45, 7) is 0. The maximum absolute atomic E-state index is 12.3. The molecule has 88 valence electrons. The first-order chi connectivity index (χ1) is 7.45. The van der Waals surface area contributed by atoms with Crippen LogP contribution in [0.3, 0.4) is 0 Å². The molecule has 1 fully saturated rings. The Morgan fingerprint density at radius 3 is 2.12 bits per heavy atom. The number of anilines is 1. The Kier molecular flexibility index (Phi) is 2.78. The number of hydrogen-bond donors (Lipinski definition) is 1. The molecule has 0 radical (unpaired) electrons. The van der Waals surface area contributed by atoms with Crippen molar-refractivity contribution in [2.24, 2.45) is 0 Å². The van der Waals surface area contributed by atoms with Gasteiger partial charge in [0.1, 0.15) is 0 Å². The van der Waals surface area contributed by atoms with E-state index in [0.717, 1.165) is 25.0 Å². The normalized spacial score (nSPS) is 18.2. The number of nitrogens with one attached hydrogen (secondary N) is 1. The topological polar surface area (TPSA) is 12.0 Å². The number of rotatable bonds is 3. The van der Waals surface area contributed by atoms with Crippen LogP contribution in [0.1, 0.15) is 18.4 Å². The lowest BCUT2D eigenvalue weighted by atomic mass is 10.2. The molecule has 1 aliphatic rings. The highest BCUT2D eigenvalue weighted by atomic mass is 35.5.